The number of carbonyl (C=O) groups excluding carboxylic acids is 1. The Morgan fingerprint density at radius 3 is 1.44 bits per heavy atom. The largest absolute Gasteiger partial charge is 0.289 e. The summed E-state index contributed by atoms with van der Waals surface area (Å²) in [6.45, 7) is 4.54. The van der Waals surface area contributed by atoms with Crippen LogP contribution in [0.25, 0.3) is 0 Å². The monoisotopic (exact) mass is 458 g/mol. The van der Waals surface area contributed by atoms with Crippen molar-refractivity contribution >= 4 is 5.78 Å². The number of unbranched alkanes of at least 4 members (excludes halogenated alkanes) is 2. The molecule has 2 saturated carbocycles. The molecule has 0 heterocycles. The van der Waals surface area contributed by atoms with Gasteiger partial charge < -0.3 is 0 Å². The van der Waals surface area contributed by atoms with E-state index < -0.39 is 0 Å². The average molecular weight is 459 g/mol. The van der Waals surface area contributed by atoms with Crippen molar-refractivity contribution in [3.8, 4) is 0 Å². The van der Waals surface area contributed by atoms with E-state index in [0.29, 0.717) is 17.6 Å². The van der Waals surface area contributed by atoms with Gasteiger partial charge in [0.1, 0.15) is 0 Å². The van der Waals surface area contributed by atoms with Gasteiger partial charge in [-0.05, 0) is 85.5 Å². The standard InChI is InChI=1S/C33H46O/c1-3-5-15-25-21-13-23-29(31(25)27-17-9-7-10-18-27)33(34)30-24-14-22-26(16-6-4-2)32(30)28-19-11-8-12-20-28/h13-14,21-24,27-28H,3-12,15-20H2,1-2H3. The molecule has 2 fully saturated rings. The van der Waals surface area contributed by atoms with Crippen LogP contribution < -0.4 is 0 Å². The van der Waals surface area contributed by atoms with Gasteiger partial charge in [0.25, 0.3) is 0 Å². The highest BCUT2D eigenvalue weighted by Crippen LogP contribution is 2.41. The van der Waals surface area contributed by atoms with Crippen molar-refractivity contribution < 1.29 is 4.79 Å². The van der Waals surface area contributed by atoms with Crippen LogP contribution in [-0.4, -0.2) is 5.78 Å². The zero-order valence-corrected chi connectivity index (χ0v) is 21.8. The minimum absolute atomic E-state index is 0.304. The molecule has 0 unspecified atom stereocenters. The van der Waals surface area contributed by atoms with Gasteiger partial charge in [-0.1, -0.05) is 102 Å². The summed E-state index contributed by atoms with van der Waals surface area (Å²) in [5.41, 5.74) is 7.75. The van der Waals surface area contributed by atoms with Crippen LogP contribution in [0.3, 0.4) is 0 Å². The molecule has 0 aliphatic heterocycles. The van der Waals surface area contributed by atoms with E-state index in [1.54, 1.807) is 0 Å². The lowest BCUT2D eigenvalue weighted by molar-refractivity contribution is 0.103. The molecule has 2 aliphatic rings. The van der Waals surface area contributed by atoms with Crippen LogP contribution in [-0.2, 0) is 12.8 Å². The van der Waals surface area contributed by atoms with Crippen LogP contribution in [0.5, 0.6) is 0 Å². The molecular formula is C33H46O. The molecule has 0 spiro atoms. The summed E-state index contributed by atoms with van der Waals surface area (Å²) in [6, 6.07) is 13.3. The average Bonchev–Trinajstić information content (AvgIpc) is 2.90. The maximum absolute atomic E-state index is 14.4. The van der Waals surface area contributed by atoms with Gasteiger partial charge in [-0.15, -0.1) is 0 Å². The lowest BCUT2D eigenvalue weighted by Gasteiger charge is -2.29. The highest BCUT2D eigenvalue weighted by molar-refractivity contribution is 6.11. The van der Waals surface area contributed by atoms with Gasteiger partial charge in [-0.25, -0.2) is 0 Å². The minimum atomic E-state index is 0.304. The second-order valence-corrected chi connectivity index (χ2v) is 11.0. The van der Waals surface area contributed by atoms with Gasteiger partial charge in [0.05, 0.1) is 0 Å². The van der Waals surface area contributed by atoms with Crippen LogP contribution >= 0.6 is 0 Å². The lowest BCUT2D eigenvalue weighted by atomic mass is 9.75. The van der Waals surface area contributed by atoms with E-state index >= 15 is 0 Å². The number of rotatable bonds is 10. The molecule has 0 atom stereocenters. The molecule has 4 rings (SSSR count). The summed E-state index contributed by atoms with van der Waals surface area (Å²) in [7, 11) is 0. The third kappa shape index (κ3) is 5.84. The summed E-state index contributed by atoms with van der Waals surface area (Å²) < 4.78 is 0. The van der Waals surface area contributed by atoms with E-state index in [0.717, 1.165) is 24.0 Å². The fourth-order valence-corrected chi connectivity index (χ4v) is 6.68. The zero-order chi connectivity index (χ0) is 23.8. The quantitative estimate of drug-likeness (QED) is 0.324. The molecule has 0 radical (unpaired) electrons. The van der Waals surface area contributed by atoms with E-state index in [1.165, 1.54) is 112 Å². The van der Waals surface area contributed by atoms with Crippen LogP contribution in [0.2, 0.25) is 0 Å². The summed E-state index contributed by atoms with van der Waals surface area (Å²) in [6.07, 6.45) is 19.9. The predicted octanol–water partition coefficient (Wildman–Crippen LogP) is 9.70. The van der Waals surface area contributed by atoms with Crippen molar-refractivity contribution in [2.75, 3.05) is 0 Å². The summed E-state index contributed by atoms with van der Waals surface area (Å²) >= 11 is 0. The van der Waals surface area contributed by atoms with E-state index in [4.69, 9.17) is 0 Å². The fourth-order valence-electron chi connectivity index (χ4n) is 6.68. The Bertz CT molecular complexity index is 852. The zero-order valence-electron chi connectivity index (χ0n) is 21.8. The topological polar surface area (TPSA) is 17.1 Å². The number of hydrogen-bond donors (Lipinski definition) is 0. The molecule has 2 aliphatic carbocycles. The van der Waals surface area contributed by atoms with Crippen molar-refractivity contribution in [2.45, 2.75) is 128 Å². The first-order valence-corrected chi connectivity index (χ1v) is 14.5. The number of ketones is 1. The van der Waals surface area contributed by atoms with E-state index in [1.807, 2.05) is 0 Å². The second kappa shape index (κ2) is 12.7. The van der Waals surface area contributed by atoms with E-state index in [9.17, 15) is 4.79 Å². The van der Waals surface area contributed by atoms with Crippen LogP contribution in [0, 0.1) is 0 Å². The smallest absolute Gasteiger partial charge is 0.193 e. The number of benzene rings is 2. The van der Waals surface area contributed by atoms with Crippen molar-refractivity contribution in [3.63, 3.8) is 0 Å². The third-order valence-electron chi connectivity index (χ3n) is 8.51. The molecule has 184 valence electrons. The van der Waals surface area contributed by atoms with Gasteiger partial charge in [0.2, 0.25) is 0 Å². The summed E-state index contributed by atoms with van der Waals surface area (Å²) in [4.78, 5) is 14.4. The predicted molar refractivity (Wildman–Crippen MR) is 145 cm³/mol. The number of aryl methyl sites for hydroxylation is 2. The van der Waals surface area contributed by atoms with E-state index in [-0.39, 0.29) is 0 Å². The Morgan fingerprint density at radius 1 is 0.647 bits per heavy atom. The van der Waals surface area contributed by atoms with Crippen LogP contribution in [0.4, 0.5) is 0 Å². The Labute approximate surface area is 208 Å². The Balaban J connectivity index is 1.79. The maximum atomic E-state index is 14.4. The summed E-state index contributed by atoms with van der Waals surface area (Å²) in [5, 5.41) is 0. The minimum Gasteiger partial charge on any atom is -0.289 e. The number of carbonyl (C=O) groups is 1. The first-order chi connectivity index (χ1) is 16.7. The van der Waals surface area contributed by atoms with Crippen molar-refractivity contribution in [1.29, 1.82) is 0 Å². The molecule has 1 nitrogen and oxygen atoms in total. The molecule has 0 bridgehead atoms. The third-order valence-corrected chi connectivity index (χ3v) is 8.51. The fraction of sp³-hybridized carbons (Fsp3) is 0.606. The maximum Gasteiger partial charge on any atom is 0.193 e. The van der Waals surface area contributed by atoms with Gasteiger partial charge in [-0.2, -0.15) is 0 Å². The van der Waals surface area contributed by atoms with Crippen molar-refractivity contribution in [2.24, 2.45) is 0 Å². The highest BCUT2D eigenvalue weighted by atomic mass is 16.1. The van der Waals surface area contributed by atoms with E-state index in [2.05, 4.69) is 50.2 Å². The van der Waals surface area contributed by atoms with Gasteiger partial charge in [-0.3, -0.25) is 4.79 Å². The number of hydrogen-bond acceptors (Lipinski definition) is 1. The molecule has 0 amide bonds. The molecule has 2 aromatic rings. The Morgan fingerprint density at radius 2 is 1.06 bits per heavy atom. The first kappa shape index (κ1) is 25.2. The Hall–Kier alpha value is -1.89. The second-order valence-electron chi connectivity index (χ2n) is 11.0. The molecule has 0 saturated heterocycles. The van der Waals surface area contributed by atoms with Gasteiger partial charge >= 0.3 is 0 Å². The summed E-state index contributed by atoms with van der Waals surface area (Å²) in [5.74, 6) is 1.42. The highest BCUT2D eigenvalue weighted by Gasteiger charge is 2.28. The molecule has 0 N–H and O–H groups in total. The molecule has 2 aromatic carbocycles. The molecule has 1 heteroatoms. The molecule has 0 aromatic heterocycles. The first-order valence-electron chi connectivity index (χ1n) is 14.5. The van der Waals surface area contributed by atoms with Crippen LogP contribution in [0.15, 0.2) is 36.4 Å². The van der Waals surface area contributed by atoms with Crippen molar-refractivity contribution in [1.82, 2.24) is 0 Å². The molecular weight excluding hydrogens is 412 g/mol. The SMILES string of the molecule is CCCCc1cccc(C(=O)c2cccc(CCCC)c2C2CCCCC2)c1C1CCCCC1. The molecule has 34 heavy (non-hydrogen) atoms. The van der Waals surface area contributed by atoms with Gasteiger partial charge in [0.15, 0.2) is 5.78 Å². The normalized spacial score (nSPS) is 17.7. The van der Waals surface area contributed by atoms with Crippen molar-refractivity contribution in [3.05, 3.63) is 69.8 Å². The van der Waals surface area contributed by atoms with Gasteiger partial charge in [0, 0.05) is 11.1 Å². The Kier molecular flexibility index (Phi) is 9.42. The lowest BCUT2D eigenvalue weighted by Crippen LogP contribution is -2.18. The van der Waals surface area contributed by atoms with Crippen LogP contribution in [0.1, 0.15) is 154 Å².